The zero-order valence-electron chi connectivity index (χ0n) is 14.3. The summed E-state index contributed by atoms with van der Waals surface area (Å²) in [7, 11) is 0. The highest BCUT2D eigenvalue weighted by Crippen LogP contribution is 2.28. The topological polar surface area (TPSA) is 75.2 Å². The summed E-state index contributed by atoms with van der Waals surface area (Å²) in [6.45, 7) is 7.22. The molecule has 6 nitrogen and oxygen atoms in total. The Kier molecular flexibility index (Phi) is 5.27. The molecule has 0 saturated heterocycles. The molecule has 2 aromatic heterocycles. The van der Waals surface area contributed by atoms with Crippen molar-refractivity contribution in [1.82, 2.24) is 14.5 Å². The van der Waals surface area contributed by atoms with Gasteiger partial charge in [-0.2, -0.15) is 0 Å². The van der Waals surface area contributed by atoms with Crippen molar-refractivity contribution < 1.29 is 9.47 Å². The van der Waals surface area contributed by atoms with Gasteiger partial charge in [0.1, 0.15) is 30.3 Å². The van der Waals surface area contributed by atoms with Gasteiger partial charge in [-0.1, -0.05) is 6.92 Å². The highest BCUT2D eigenvalue weighted by Gasteiger charge is 2.14. The van der Waals surface area contributed by atoms with E-state index in [0.717, 1.165) is 46.5 Å². The van der Waals surface area contributed by atoms with Crippen molar-refractivity contribution in [3.63, 3.8) is 0 Å². The fourth-order valence-electron chi connectivity index (χ4n) is 2.88. The molecule has 0 unspecified atom stereocenters. The lowest BCUT2D eigenvalue weighted by atomic mass is 10.2. The van der Waals surface area contributed by atoms with Gasteiger partial charge >= 0.3 is 0 Å². The number of nitrogens with two attached hydrogens (primary N) is 1. The number of nitrogens with zero attached hydrogens (tertiary/aromatic N) is 3. The molecule has 0 bridgehead atoms. The maximum absolute atomic E-state index is 5.68. The number of aromatic nitrogens is 3. The molecule has 0 amide bonds. The van der Waals surface area contributed by atoms with Gasteiger partial charge in [0.15, 0.2) is 0 Å². The van der Waals surface area contributed by atoms with Crippen molar-refractivity contribution in [3.8, 4) is 5.75 Å². The van der Waals surface area contributed by atoms with Crippen LogP contribution in [-0.4, -0.2) is 34.3 Å². The first-order valence-electron chi connectivity index (χ1n) is 8.47. The molecule has 0 aliphatic rings. The zero-order valence-corrected chi connectivity index (χ0v) is 14.3. The van der Waals surface area contributed by atoms with Gasteiger partial charge in [-0.25, -0.2) is 4.98 Å². The predicted octanol–water partition coefficient (Wildman–Crippen LogP) is 2.87. The van der Waals surface area contributed by atoms with Crippen LogP contribution in [0.1, 0.15) is 26.1 Å². The van der Waals surface area contributed by atoms with Crippen LogP contribution in [0.2, 0.25) is 0 Å². The standard InChI is InChI=1S/C18H24N4O2/c1-3-8-22-17(12-23-4-2)21-16-11-20-15-6-5-13(24-9-7-19)10-14(15)18(16)22/h5-6,10-11H,3-4,7-9,12,19H2,1-2H3. The molecular weight excluding hydrogens is 304 g/mol. The summed E-state index contributed by atoms with van der Waals surface area (Å²) in [6.07, 6.45) is 2.86. The second-order valence-electron chi connectivity index (χ2n) is 5.62. The number of hydrogen-bond acceptors (Lipinski definition) is 5. The Labute approximate surface area is 141 Å². The molecule has 1 aromatic carbocycles. The van der Waals surface area contributed by atoms with Crippen LogP contribution in [-0.2, 0) is 17.9 Å². The SMILES string of the molecule is CCCn1c(COCC)nc2cnc3ccc(OCCN)cc3c21. The molecule has 6 heteroatoms. The minimum atomic E-state index is 0.493. The zero-order chi connectivity index (χ0) is 16.9. The third-order valence-corrected chi connectivity index (χ3v) is 3.89. The molecule has 24 heavy (non-hydrogen) atoms. The molecule has 2 heterocycles. The van der Waals surface area contributed by atoms with Crippen molar-refractivity contribution in [2.24, 2.45) is 5.73 Å². The van der Waals surface area contributed by atoms with Crippen LogP contribution >= 0.6 is 0 Å². The average Bonchev–Trinajstić information content (AvgIpc) is 2.96. The van der Waals surface area contributed by atoms with E-state index in [4.69, 9.17) is 20.2 Å². The lowest BCUT2D eigenvalue weighted by Crippen LogP contribution is -2.10. The predicted molar refractivity (Wildman–Crippen MR) is 95.2 cm³/mol. The van der Waals surface area contributed by atoms with Crippen molar-refractivity contribution in [1.29, 1.82) is 0 Å². The van der Waals surface area contributed by atoms with E-state index in [9.17, 15) is 0 Å². The van der Waals surface area contributed by atoms with Crippen LogP contribution in [0.25, 0.3) is 21.9 Å². The molecule has 0 spiro atoms. The van der Waals surface area contributed by atoms with Crippen LogP contribution in [0, 0.1) is 0 Å². The first-order valence-corrected chi connectivity index (χ1v) is 8.47. The Bertz CT molecular complexity index is 829. The first kappa shape index (κ1) is 16.7. The number of pyridine rings is 1. The Balaban J connectivity index is 2.17. The van der Waals surface area contributed by atoms with Gasteiger partial charge in [0.2, 0.25) is 0 Å². The molecule has 0 radical (unpaired) electrons. The maximum atomic E-state index is 5.68. The average molecular weight is 328 g/mol. The summed E-state index contributed by atoms with van der Waals surface area (Å²) in [5, 5.41) is 1.05. The largest absolute Gasteiger partial charge is 0.492 e. The van der Waals surface area contributed by atoms with Crippen molar-refractivity contribution in [2.45, 2.75) is 33.4 Å². The summed E-state index contributed by atoms with van der Waals surface area (Å²) >= 11 is 0. The van der Waals surface area contributed by atoms with Gasteiger partial charge in [0.05, 0.1) is 17.2 Å². The van der Waals surface area contributed by atoms with Gasteiger partial charge in [0, 0.05) is 25.1 Å². The molecule has 128 valence electrons. The second kappa shape index (κ2) is 7.59. The highest BCUT2D eigenvalue weighted by atomic mass is 16.5. The van der Waals surface area contributed by atoms with E-state index >= 15 is 0 Å². The van der Waals surface area contributed by atoms with E-state index in [1.165, 1.54) is 0 Å². The molecule has 0 fully saturated rings. The number of imidazole rings is 1. The number of aryl methyl sites for hydroxylation is 1. The lowest BCUT2D eigenvalue weighted by Gasteiger charge is -2.10. The Hall–Kier alpha value is -2.18. The number of ether oxygens (including phenoxy) is 2. The minimum Gasteiger partial charge on any atom is -0.492 e. The Morgan fingerprint density at radius 3 is 2.83 bits per heavy atom. The maximum Gasteiger partial charge on any atom is 0.136 e. The molecule has 0 aliphatic heterocycles. The molecule has 0 saturated carbocycles. The summed E-state index contributed by atoms with van der Waals surface area (Å²) in [4.78, 5) is 9.25. The van der Waals surface area contributed by atoms with Gasteiger partial charge in [-0.15, -0.1) is 0 Å². The van der Waals surface area contributed by atoms with E-state index in [2.05, 4.69) is 16.5 Å². The van der Waals surface area contributed by atoms with E-state index < -0.39 is 0 Å². The number of rotatable bonds is 8. The first-order chi connectivity index (χ1) is 11.8. The van der Waals surface area contributed by atoms with Crippen LogP contribution in [0.15, 0.2) is 24.4 Å². The van der Waals surface area contributed by atoms with Gasteiger partial charge in [0.25, 0.3) is 0 Å². The van der Waals surface area contributed by atoms with Crippen molar-refractivity contribution >= 4 is 21.9 Å². The second-order valence-corrected chi connectivity index (χ2v) is 5.62. The summed E-state index contributed by atoms with van der Waals surface area (Å²) in [5.74, 6) is 1.74. The molecule has 3 rings (SSSR count). The van der Waals surface area contributed by atoms with Gasteiger partial charge in [-0.3, -0.25) is 4.98 Å². The molecule has 3 aromatic rings. The van der Waals surface area contributed by atoms with Crippen molar-refractivity contribution in [2.75, 3.05) is 19.8 Å². The van der Waals surface area contributed by atoms with E-state index in [1.807, 2.05) is 31.3 Å². The quantitative estimate of drug-likeness (QED) is 0.688. The molecule has 0 aliphatic carbocycles. The summed E-state index contributed by atoms with van der Waals surface area (Å²) in [6, 6.07) is 5.93. The van der Waals surface area contributed by atoms with Crippen LogP contribution in [0.5, 0.6) is 5.75 Å². The fourth-order valence-corrected chi connectivity index (χ4v) is 2.88. The van der Waals surface area contributed by atoms with E-state index in [-0.39, 0.29) is 0 Å². The normalized spacial score (nSPS) is 11.5. The number of hydrogen-bond donors (Lipinski definition) is 1. The number of benzene rings is 1. The van der Waals surface area contributed by atoms with Crippen LogP contribution in [0.4, 0.5) is 0 Å². The summed E-state index contributed by atoms with van der Waals surface area (Å²) < 4.78 is 13.5. The van der Waals surface area contributed by atoms with Gasteiger partial charge < -0.3 is 19.8 Å². The monoisotopic (exact) mass is 328 g/mol. The van der Waals surface area contributed by atoms with E-state index in [0.29, 0.717) is 26.4 Å². The third kappa shape index (κ3) is 3.20. The smallest absolute Gasteiger partial charge is 0.136 e. The molecular formula is C18H24N4O2. The Morgan fingerprint density at radius 2 is 2.08 bits per heavy atom. The van der Waals surface area contributed by atoms with Crippen LogP contribution < -0.4 is 10.5 Å². The molecule has 0 atom stereocenters. The summed E-state index contributed by atoms with van der Waals surface area (Å²) in [5.41, 5.74) is 8.44. The lowest BCUT2D eigenvalue weighted by molar-refractivity contribution is 0.126. The fraction of sp³-hybridized carbons (Fsp3) is 0.444. The van der Waals surface area contributed by atoms with Crippen LogP contribution in [0.3, 0.4) is 0 Å². The third-order valence-electron chi connectivity index (χ3n) is 3.89. The van der Waals surface area contributed by atoms with Crippen molar-refractivity contribution in [3.05, 3.63) is 30.2 Å². The minimum absolute atomic E-state index is 0.493. The Morgan fingerprint density at radius 1 is 1.21 bits per heavy atom. The molecule has 2 N–H and O–H groups in total. The van der Waals surface area contributed by atoms with E-state index in [1.54, 1.807) is 0 Å². The van der Waals surface area contributed by atoms with Gasteiger partial charge in [-0.05, 0) is 31.5 Å². The number of fused-ring (bicyclic) bond motifs is 3. The highest BCUT2D eigenvalue weighted by molar-refractivity contribution is 6.02.